The van der Waals surface area contributed by atoms with Gasteiger partial charge in [-0.1, -0.05) is 113 Å². The molecule has 2 aromatic carbocycles. The molecule has 0 saturated carbocycles. The molecule has 1 N–H and O–H groups in total. The van der Waals surface area contributed by atoms with Crippen molar-refractivity contribution in [1.29, 1.82) is 0 Å². The van der Waals surface area contributed by atoms with E-state index in [-0.39, 0.29) is 29.3 Å². The second-order valence-electron chi connectivity index (χ2n) is 10.3. The van der Waals surface area contributed by atoms with Crippen LogP contribution in [0.1, 0.15) is 95.1 Å². The predicted molar refractivity (Wildman–Crippen MR) is 162 cm³/mol. The summed E-state index contributed by atoms with van der Waals surface area (Å²) in [6.45, 7) is 3.66. The standard InChI is InChI=1S/C33H46N2O3S.BrH/c1-3-4-5-6-7-8-9-10-11-12-13-16-22-38-32-24-28(19-20-31(32)37-2)25-33(36)34-30-18-15-14-17-29(30)26-35-21-23-39-27-35;/h14-15,17-21,23-24,27H,3-13,16,22,25-26H2,1-2H3;1H. The van der Waals surface area contributed by atoms with Crippen molar-refractivity contribution in [2.45, 2.75) is 96.9 Å². The molecular formula is C33H47BrN2O3S. The summed E-state index contributed by atoms with van der Waals surface area (Å²) < 4.78 is 13.7. The predicted octanol–water partition coefficient (Wildman–Crippen LogP) is 5.36. The SMILES string of the molecule is CCCCCCCCCCCCCCOc1cc(CC(=O)Nc2ccccc2C[n+]2ccsc2)ccc1OC.[Br-]. The van der Waals surface area contributed by atoms with Crippen LogP contribution in [0.25, 0.3) is 0 Å². The van der Waals surface area contributed by atoms with Crippen LogP contribution in [-0.4, -0.2) is 19.6 Å². The maximum atomic E-state index is 12.9. The number of amides is 1. The van der Waals surface area contributed by atoms with Crippen LogP contribution in [-0.2, 0) is 17.8 Å². The summed E-state index contributed by atoms with van der Waals surface area (Å²) in [6, 6.07) is 13.7. The lowest BCUT2D eigenvalue weighted by Crippen LogP contribution is -3.00. The van der Waals surface area contributed by atoms with E-state index < -0.39 is 0 Å². The van der Waals surface area contributed by atoms with E-state index in [1.165, 1.54) is 70.6 Å². The van der Waals surface area contributed by atoms with Crippen molar-refractivity contribution in [2.75, 3.05) is 19.0 Å². The maximum Gasteiger partial charge on any atom is 0.228 e. The average Bonchev–Trinajstić information content (AvgIpc) is 3.46. The number of hydrogen-bond donors (Lipinski definition) is 1. The van der Waals surface area contributed by atoms with E-state index in [0.717, 1.165) is 29.8 Å². The van der Waals surface area contributed by atoms with Gasteiger partial charge < -0.3 is 31.8 Å². The molecule has 0 saturated heterocycles. The van der Waals surface area contributed by atoms with Crippen molar-refractivity contribution >= 4 is 22.9 Å². The Balaban J connectivity index is 0.00000560. The summed E-state index contributed by atoms with van der Waals surface area (Å²) in [5.74, 6) is 1.37. The van der Waals surface area contributed by atoms with E-state index in [1.54, 1.807) is 18.4 Å². The van der Waals surface area contributed by atoms with Crippen LogP contribution >= 0.6 is 11.3 Å². The molecule has 0 fully saturated rings. The highest BCUT2D eigenvalue weighted by molar-refractivity contribution is 7.07. The second-order valence-corrected chi connectivity index (χ2v) is 11.1. The first kappa shape index (κ1) is 33.8. The van der Waals surface area contributed by atoms with Gasteiger partial charge in [0.2, 0.25) is 11.4 Å². The van der Waals surface area contributed by atoms with E-state index in [9.17, 15) is 4.79 Å². The van der Waals surface area contributed by atoms with Gasteiger partial charge in [-0.3, -0.25) is 4.79 Å². The van der Waals surface area contributed by atoms with E-state index in [0.29, 0.717) is 18.1 Å². The van der Waals surface area contributed by atoms with Crippen LogP contribution in [0.5, 0.6) is 11.5 Å². The first-order chi connectivity index (χ1) is 19.2. The van der Waals surface area contributed by atoms with Crippen LogP contribution in [0.2, 0.25) is 0 Å². The number of anilines is 1. The molecule has 0 aliphatic heterocycles. The molecular weight excluding hydrogens is 584 g/mol. The number of para-hydroxylation sites is 1. The molecule has 40 heavy (non-hydrogen) atoms. The van der Waals surface area contributed by atoms with Crippen LogP contribution in [0.4, 0.5) is 5.69 Å². The Hall–Kier alpha value is -2.38. The number of carbonyl (C=O) groups is 1. The van der Waals surface area contributed by atoms with Gasteiger partial charge in [-0.25, -0.2) is 0 Å². The number of unbranched alkanes of at least 4 members (excludes halogenated alkanes) is 11. The molecule has 1 amide bonds. The second kappa shape index (κ2) is 20.5. The van der Waals surface area contributed by atoms with Gasteiger partial charge in [-0.05, 0) is 30.2 Å². The number of thiazole rings is 1. The maximum absolute atomic E-state index is 12.9. The number of carbonyl (C=O) groups excluding carboxylic acids is 1. The molecule has 7 heteroatoms. The Bertz CT molecular complexity index is 1090. The Kier molecular flexibility index (Phi) is 17.3. The average molecular weight is 632 g/mol. The quantitative estimate of drug-likeness (QED) is 0.135. The molecule has 0 aliphatic carbocycles. The van der Waals surface area contributed by atoms with E-state index in [2.05, 4.69) is 28.4 Å². The zero-order valence-corrected chi connectivity index (χ0v) is 26.7. The molecule has 0 unspecified atom stereocenters. The van der Waals surface area contributed by atoms with E-state index >= 15 is 0 Å². The highest BCUT2D eigenvalue weighted by Crippen LogP contribution is 2.29. The fourth-order valence-electron chi connectivity index (χ4n) is 4.78. The van der Waals surface area contributed by atoms with Gasteiger partial charge in [0.25, 0.3) is 0 Å². The van der Waals surface area contributed by atoms with Crippen LogP contribution in [0.15, 0.2) is 59.6 Å². The van der Waals surface area contributed by atoms with Crippen LogP contribution < -0.4 is 36.3 Å². The lowest BCUT2D eigenvalue weighted by atomic mass is 10.1. The van der Waals surface area contributed by atoms with Gasteiger partial charge in [0.05, 0.1) is 31.2 Å². The molecule has 5 nitrogen and oxygen atoms in total. The molecule has 220 valence electrons. The Labute approximate surface area is 256 Å². The van der Waals surface area contributed by atoms with Crippen molar-refractivity contribution in [2.24, 2.45) is 0 Å². The molecule has 1 heterocycles. The minimum absolute atomic E-state index is 0. The highest BCUT2D eigenvalue weighted by atomic mass is 79.9. The normalized spacial score (nSPS) is 10.7. The molecule has 1 aromatic heterocycles. The van der Waals surface area contributed by atoms with Gasteiger partial charge in [-0.2, -0.15) is 4.57 Å². The van der Waals surface area contributed by atoms with Crippen LogP contribution in [0.3, 0.4) is 0 Å². The molecule has 3 aromatic rings. The van der Waals surface area contributed by atoms with Crippen molar-refractivity contribution in [3.63, 3.8) is 0 Å². The van der Waals surface area contributed by atoms with Crippen LogP contribution in [0, 0.1) is 0 Å². The number of nitrogens with one attached hydrogen (secondary N) is 1. The number of halogens is 1. The summed E-state index contributed by atoms with van der Waals surface area (Å²) in [5.41, 5.74) is 4.89. The summed E-state index contributed by atoms with van der Waals surface area (Å²) in [4.78, 5) is 12.9. The zero-order valence-electron chi connectivity index (χ0n) is 24.3. The van der Waals surface area contributed by atoms with Crippen molar-refractivity contribution in [3.8, 4) is 11.5 Å². The molecule has 3 rings (SSSR count). The number of ether oxygens (including phenoxy) is 2. The minimum atomic E-state index is -0.0464. The third-order valence-electron chi connectivity index (χ3n) is 7.02. The number of hydrogen-bond acceptors (Lipinski definition) is 4. The molecule has 0 bridgehead atoms. The van der Waals surface area contributed by atoms with Crippen molar-refractivity contribution in [1.82, 2.24) is 0 Å². The first-order valence-corrected chi connectivity index (χ1v) is 15.7. The third-order valence-corrected chi connectivity index (χ3v) is 7.69. The minimum Gasteiger partial charge on any atom is -1.00 e. The highest BCUT2D eigenvalue weighted by Gasteiger charge is 2.13. The Morgan fingerprint density at radius 1 is 0.875 bits per heavy atom. The Morgan fingerprint density at radius 2 is 1.55 bits per heavy atom. The van der Waals surface area contributed by atoms with Crippen molar-refractivity contribution in [3.05, 3.63) is 70.7 Å². The summed E-state index contributed by atoms with van der Waals surface area (Å²) in [7, 11) is 1.65. The Morgan fingerprint density at radius 3 is 2.20 bits per heavy atom. The summed E-state index contributed by atoms with van der Waals surface area (Å²) in [6.07, 6.45) is 18.2. The van der Waals surface area contributed by atoms with Crippen molar-refractivity contribution < 1.29 is 35.8 Å². The molecule has 0 radical (unpaired) electrons. The summed E-state index contributed by atoms with van der Waals surface area (Å²) >= 11 is 1.65. The third kappa shape index (κ3) is 12.9. The van der Waals surface area contributed by atoms with Gasteiger partial charge in [0, 0.05) is 5.56 Å². The molecule has 0 aliphatic rings. The van der Waals surface area contributed by atoms with E-state index in [4.69, 9.17) is 9.47 Å². The largest absolute Gasteiger partial charge is 1.00 e. The molecule has 0 spiro atoms. The number of aromatic nitrogens is 1. The molecule has 0 atom stereocenters. The summed E-state index contributed by atoms with van der Waals surface area (Å²) in [5, 5.41) is 5.14. The fourth-order valence-corrected chi connectivity index (χ4v) is 5.38. The lowest BCUT2D eigenvalue weighted by molar-refractivity contribution is -0.683. The van der Waals surface area contributed by atoms with Gasteiger partial charge in [0.1, 0.15) is 0 Å². The monoisotopic (exact) mass is 630 g/mol. The fraction of sp³-hybridized carbons (Fsp3) is 0.515. The topological polar surface area (TPSA) is 51.4 Å². The van der Waals surface area contributed by atoms with Gasteiger partial charge >= 0.3 is 0 Å². The number of methoxy groups -OCH3 is 1. The smallest absolute Gasteiger partial charge is 0.228 e. The van der Waals surface area contributed by atoms with Gasteiger partial charge in [0.15, 0.2) is 24.2 Å². The van der Waals surface area contributed by atoms with E-state index in [1.807, 2.05) is 48.0 Å². The van der Waals surface area contributed by atoms with Gasteiger partial charge in [-0.15, -0.1) is 0 Å². The number of rotatable bonds is 20. The first-order valence-electron chi connectivity index (χ1n) is 14.8. The number of nitrogens with zero attached hydrogens (tertiary/aromatic N) is 1. The lowest BCUT2D eigenvalue weighted by Gasteiger charge is -2.13. The zero-order chi connectivity index (χ0) is 27.5. The number of benzene rings is 2.